The Morgan fingerprint density at radius 3 is 2.62 bits per heavy atom. The first kappa shape index (κ1) is 15.1. The molecule has 0 aliphatic rings. The van der Waals surface area contributed by atoms with E-state index in [1.54, 1.807) is 13.4 Å². The minimum atomic E-state index is 0.685. The molecule has 0 amide bonds. The van der Waals surface area contributed by atoms with Crippen molar-refractivity contribution in [3.8, 4) is 5.75 Å². The van der Waals surface area contributed by atoms with E-state index in [-0.39, 0.29) is 0 Å². The van der Waals surface area contributed by atoms with Crippen LogP contribution in [0.15, 0.2) is 36.7 Å². The first-order valence-corrected chi connectivity index (χ1v) is 7.14. The molecule has 0 spiro atoms. The van der Waals surface area contributed by atoms with Crippen LogP contribution in [0.1, 0.15) is 18.9 Å². The zero-order valence-corrected chi connectivity index (χ0v) is 12.8. The number of nitrogens with zero attached hydrogens (tertiary/aromatic N) is 3. The fourth-order valence-corrected chi connectivity index (χ4v) is 2.13. The maximum Gasteiger partial charge on any atom is 0.204 e. The Bertz CT molecular complexity index is 559. The van der Waals surface area contributed by atoms with Crippen LogP contribution in [0.3, 0.4) is 0 Å². The maximum atomic E-state index is 5.50. The Hall–Kier alpha value is -2.30. The van der Waals surface area contributed by atoms with Gasteiger partial charge in [-0.2, -0.15) is 0 Å². The van der Waals surface area contributed by atoms with Gasteiger partial charge in [-0.3, -0.25) is 0 Å². The lowest BCUT2D eigenvalue weighted by Crippen LogP contribution is -2.19. The molecule has 0 fully saturated rings. The molecule has 5 heteroatoms. The van der Waals surface area contributed by atoms with Crippen LogP contribution in [0, 0.1) is 0 Å². The summed E-state index contributed by atoms with van der Waals surface area (Å²) in [5.74, 6) is 2.21. The molecule has 1 aromatic carbocycles. The predicted octanol–water partition coefficient (Wildman–Crippen LogP) is 2.94. The third-order valence-corrected chi connectivity index (χ3v) is 3.16. The summed E-state index contributed by atoms with van der Waals surface area (Å²) in [6.07, 6.45) is 2.60. The summed E-state index contributed by atoms with van der Waals surface area (Å²) in [5.41, 5.74) is 1.23. The van der Waals surface area contributed by atoms with Crippen LogP contribution in [0.4, 0.5) is 11.6 Å². The number of anilines is 2. The molecule has 0 unspecified atom stereocenters. The quantitative estimate of drug-likeness (QED) is 0.848. The topological polar surface area (TPSA) is 50.3 Å². The third-order valence-electron chi connectivity index (χ3n) is 3.16. The SMILES string of the molecule is CCCNc1ncnc(N(C)Cc2ccccc2)c1OC. The van der Waals surface area contributed by atoms with Crippen molar-refractivity contribution in [3.05, 3.63) is 42.2 Å². The lowest BCUT2D eigenvalue weighted by atomic mass is 10.2. The lowest BCUT2D eigenvalue weighted by molar-refractivity contribution is 0.412. The number of ether oxygens (including phenoxy) is 1. The van der Waals surface area contributed by atoms with Gasteiger partial charge < -0.3 is 15.0 Å². The van der Waals surface area contributed by atoms with Crippen LogP contribution in [0.25, 0.3) is 0 Å². The third kappa shape index (κ3) is 3.84. The standard InChI is InChI=1S/C16H22N4O/c1-4-10-17-15-14(21-3)16(19-12-18-15)20(2)11-13-8-6-5-7-9-13/h5-9,12H,4,10-11H2,1-3H3,(H,17,18,19). The smallest absolute Gasteiger partial charge is 0.204 e. The number of benzene rings is 1. The predicted molar refractivity (Wildman–Crippen MR) is 85.9 cm³/mol. The summed E-state index contributed by atoms with van der Waals surface area (Å²) in [4.78, 5) is 10.7. The minimum Gasteiger partial charge on any atom is -0.490 e. The number of nitrogens with one attached hydrogen (secondary N) is 1. The molecular formula is C16H22N4O. The highest BCUT2D eigenvalue weighted by Crippen LogP contribution is 2.31. The Morgan fingerprint density at radius 1 is 1.19 bits per heavy atom. The number of hydrogen-bond acceptors (Lipinski definition) is 5. The second kappa shape index (κ2) is 7.47. The Morgan fingerprint density at radius 2 is 1.95 bits per heavy atom. The van der Waals surface area contributed by atoms with E-state index in [9.17, 15) is 0 Å². The molecule has 0 aliphatic heterocycles. The molecule has 0 saturated carbocycles. The van der Waals surface area contributed by atoms with E-state index in [1.165, 1.54) is 5.56 Å². The van der Waals surface area contributed by atoms with Gasteiger partial charge in [0.2, 0.25) is 5.75 Å². The average Bonchev–Trinajstić information content (AvgIpc) is 2.53. The Kier molecular flexibility index (Phi) is 5.37. The van der Waals surface area contributed by atoms with E-state index in [1.807, 2.05) is 25.2 Å². The van der Waals surface area contributed by atoms with Crippen molar-refractivity contribution in [2.75, 3.05) is 30.9 Å². The molecule has 2 rings (SSSR count). The van der Waals surface area contributed by atoms with E-state index < -0.39 is 0 Å². The summed E-state index contributed by atoms with van der Waals surface area (Å²) in [5, 5.41) is 3.27. The zero-order chi connectivity index (χ0) is 15.1. The minimum absolute atomic E-state index is 0.685. The van der Waals surface area contributed by atoms with Crippen molar-refractivity contribution in [2.24, 2.45) is 0 Å². The molecule has 0 atom stereocenters. The monoisotopic (exact) mass is 286 g/mol. The van der Waals surface area contributed by atoms with Gasteiger partial charge in [0.25, 0.3) is 0 Å². The summed E-state index contributed by atoms with van der Waals surface area (Å²) in [6.45, 7) is 3.74. The van der Waals surface area contributed by atoms with Crippen molar-refractivity contribution < 1.29 is 4.74 Å². The van der Waals surface area contributed by atoms with Gasteiger partial charge in [0.15, 0.2) is 11.6 Å². The number of hydrogen-bond donors (Lipinski definition) is 1. The van der Waals surface area contributed by atoms with Gasteiger partial charge in [-0.25, -0.2) is 9.97 Å². The molecule has 112 valence electrons. The van der Waals surface area contributed by atoms with Crippen molar-refractivity contribution in [3.63, 3.8) is 0 Å². The summed E-state index contributed by atoms with van der Waals surface area (Å²) in [7, 11) is 3.65. The van der Waals surface area contributed by atoms with Gasteiger partial charge in [0.05, 0.1) is 7.11 Å². The summed E-state index contributed by atoms with van der Waals surface area (Å²) < 4.78 is 5.50. The van der Waals surface area contributed by atoms with Crippen LogP contribution >= 0.6 is 0 Å². The van der Waals surface area contributed by atoms with E-state index in [2.05, 4.69) is 39.2 Å². The number of rotatable bonds is 7. The molecular weight excluding hydrogens is 264 g/mol. The molecule has 0 radical (unpaired) electrons. The van der Waals surface area contributed by atoms with Gasteiger partial charge in [-0.05, 0) is 12.0 Å². The molecule has 2 aromatic rings. The van der Waals surface area contributed by atoms with E-state index in [0.717, 1.165) is 31.1 Å². The Labute approximate surface area is 126 Å². The molecule has 0 bridgehead atoms. The van der Waals surface area contributed by atoms with Crippen molar-refractivity contribution in [1.29, 1.82) is 0 Å². The number of methoxy groups -OCH3 is 1. The van der Waals surface area contributed by atoms with Crippen LogP contribution in [-0.4, -0.2) is 30.7 Å². The second-order valence-electron chi connectivity index (χ2n) is 4.85. The van der Waals surface area contributed by atoms with Crippen LogP contribution in [0.2, 0.25) is 0 Å². The van der Waals surface area contributed by atoms with Gasteiger partial charge in [0.1, 0.15) is 6.33 Å². The Balaban J connectivity index is 2.21. The van der Waals surface area contributed by atoms with Crippen LogP contribution in [-0.2, 0) is 6.54 Å². The molecule has 1 aromatic heterocycles. The number of aromatic nitrogens is 2. The van der Waals surface area contributed by atoms with Gasteiger partial charge in [-0.15, -0.1) is 0 Å². The van der Waals surface area contributed by atoms with Crippen molar-refractivity contribution in [1.82, 2.24) is 9.97 Å². The molecule has 21 heavy (non-hydrogen) atoms. The largest absolute Gasteiger partial charge is 0.490 e. The average molecular weight is 286 g/mol. The normalized spacial score (nSPS) is 10.2. The van der Waals surface area contributed by atoms with E-state index in [0.29, 0.717) is 5.75 Å². The fourth-order valence-electron chi connectivity index (χ4n) is 2.13. The van der Waals surface area contributed by atoms with Gasteiger partial charge >= 0.3 is 0 Å². The van der Waals surface area contributed by atoms with Crippen LogP contribution < -0.4 is 15.0 Å². The molecule has 5 nitrogen and oxygen atoms in total. The first-order chi connectivity index (χ1) is 10.3. The molecule has 1 N–H and O–H groups in total. The highest BCUT2D eigenvalue weighted by molar-refractivity contribution is 5.64. The van der Waals surface area contributed by atoms with Crippen LogP contribution in [0.5, 0.6) is 5.75 Å². The summed E-state index contributed by atoms with van der Waals surface area (Å²) >= 11 is 0. The molecule has 1 heterocycles. The maximum absolute atomic E-state index is 5.50. The van der Waals surface area contributed by atoms with E-state index in [4.69, 9.17) is 4.74 Å². The van der Waals surface area contributed by atoms with Gasteiger partial charge in [-0.1, -0.05) is 37.3 Å². The van der Waals surface area contributed by atoms with E-state index >= 15 is 0 Å². The lowest BCUT2D eigenvalue weighted by Gasteiger charge is -2.21. The first-order valence-electron chi connectivity index (χ1n) is 7.14. The second-order valence-corrected chi connectivity index (χ2v) is 4.85. The molecule has 0 aliphatic carbocycles. The highest BCUT2D eigenvalue weighted by Gasteiger charge is 2.15. The fraction of sp³-hybridized carbons (Fsp3) is 0.375. The zero-order valence-electron chi connectivity index (χ0n) is 12.8. The van der Waals surface area contributed by atoms with Crippen molar-refractivity contribution in [2.45, 2.75) is 19.9 Å². The summed E-state index contributed by atoms with van der Waals surface area (Å²) in [6, 6.07) is 10.3. The molecule has 0 saturated heterocycles. The van der Waals surface area contributed by atoms with Gasteiger partial charge in [0, 0.05) is 20.1 Å². The highest BCUT2D eigenvalue weighted by atomic mass is 16.5. The van der Waals surface area contributed by atoms with Crippen molar-refractivity contribution >= 4 is 11.6 Å².